The third kappa shape index (κ3) is 1.23. The van der Waals surface area contributed by atoms with E-state index in [-0.39, 0.29) is 0 Å². The van der Waals surface area contributed by atoms with Crippen molar-refractivity contribution in [3.05, 3.63) is 33.8 Å². The third-order valence-corrected chi connectivity index (χ3v) is 1.98. The molecule has 0 bridgehead atoms. The lowest BCUT2D eigenvalue weighted by Crippen LogP contribution is -1.63. The highest BCUT2D eigenvalue weighted by molar-refractivity contribution is 9.10. The minimum Gasteiger partial charge on any atom is -0.0831 e. The fraction of sp³-hybridized carbons (Fsp3) is 0. The molecule has 0 nitrogen and oxygen atoms in total. The summed E-state index contributed by atoms with van der Waals surface area (Å²) in [5.74, 6) is 0. The maximum absolute atomic E-state index is 5.64. The van der Waals surface area contributed by atoms with Gasteiger partial charge in [-0.1, -0.05) is 17.7 Å². The zero-order valence-electron chi connectivity index (χ0n) is 3.99. The SMILES string of the molecule is Clc1cc[c]cc1Br. The summed E-state index contributed by atoms with van der Waals surface area (Å²) < 4.78 is 0.890. The highest BCUT2D eigenvalue weighted by atomic mass is 79.9. The molecule has 0 saturated heterocycles. The molecule has 0 aliphatic heterocycles. The van der Waals surface area contributed by atoms with Gasteiger partial charge in [-0.25, -0.2) is 0 Å². The van der Waals surface area contributed by atoms with Crippen LogP contribution >= 0.6 is 27.5 Å². The molecule has 1 rings (SSSR count). The average molecular weight is 190 g/mol. The molecule has 0 aliphatic carbocycles. The summed E-state index contributed by atoms with van der Waals surface area (Å²) in [5.41, 5.74) is 0. The van der Waals surface area contributed by atoms with Gasteiger partial charge in [-0.3, -0.25) is 0 Å². The average Bonchev–Trinajstić information content (AvgIpc) is 1.77. The summed E-state index contributed by atoms with van der Waals surface area (Å²) in [6.45, 7) is 0. The van der Waals surface area contributed by atoms with Crippen molar-refractivity contribution in [1.29, 1.82) is 0 Å². The first-order valence-corrected chi connectivity index (χ1v) is 3.29. The Morgan fingerprint density at radius 1 is 1.62 bits per heavy atom. The molecule has 0 aliphatic rings. The van der Waals surface area contributed by atoms with E-state index in [1.54, 1.807) is 18.2 Å². The van der Waals surface area contributed by atoms with Crippen molar-refractivity contribution in [2.24, 2.45) is 0 Å². The van der Waals surface area contributed by atoms with Crippen molar-refractivity contribution in [3.8, 4) is 0 Å². The maximum atomic E-state index is 5.64. The normalized spacial score (nSPS) is 9.25. The van der Waals surface area contributed by atoms with E-state index < -0.39 is 0 Å². The highest BCUT2D eigenvalue weighted by Gasteiger charge is 1.89. The Balaban J connectivity index is 3.13. The van der Waals surface area contributed by atoms with Gasteiger partial charge in [-0.15, -0.1) is 0 Å². The summed E-state index contributed by atoms with van der Waals surface area (Å²) in [4.78, 5) is 0. The van der Waals surface area contributed by atoms with Crippen LogP contribution < -0.4 is 0 Å². The molecule has 0 unspecified atom stereocenters. The number of halogens is 2. The van der Waals surface area contributed by atoms with E-state index in [0.717, 1.165) is 9.50 Å². The van der Waals surface area contributed by atoms with Crippen LogP contribution in [0.2, 0.25) is 5.02 Å². The first-order valence-electron chi connectivity index (χ1n) is 2.12. The minimum absolute atomic E-state index is 0.726. The molecular formula is C6H3BrCl. The van der Waals surface area contributed by atoms with Crippen molar-refractivity contribution < 1.29 is 0 Å². The summed E-state index contributed by atoms with van der Waals surface area (Å²) in [6.07, 6.45) is 0. The van der Waals surface area contributed by atoms with Crippen molar-refractivity contribution >= 4 is 27.5 Å². The molecule has 0 fully saturated rings. The Morgan fingerprint density at radius 2 is 2.38 bits per heavy atom. The molecule has 0 N–H and O–H groups in total. The third-order valence-electron chi connectivity index (χ3n) is 0.764. The van der Waals surface area contributed by atoms with E-state index in [1.165, 1.54) is 0 Å². The topological polar surface area (TPSA) is 0 Å². The van der Waals surface area contributed by atoms with Gasteiger partial charge in [0.2, 0.25) is 0 Å². The minimum atomic E-state index is 0.726. The molecule has 8 heavy (non-hydrogen) atoms. The number of rotatable bonds is 0. The van der Waals surface area contributed by atoms with Crippen LogP contribution in [0.4, 0.5) is 0 Å². The zero-order chi connectivity index (χ0) is 5.98. The lowest BCUT2D eigenvalue weighted by molar-refractivity contribution is 1.64. The molecule has 0 amide bonds. The van der Waals surface area contributed by atoms with E-state index in [4.69, 9.17) is 11.6 Å². The Kier molecular flexibility index (Phi) is 1.92. The van der Waals surface area contributed by atoms with Gasteiger partial charge in [-0.2, -0.15) is 0 Å². The van der Waals surface area contributed by atoms with Gasteiger partial charge >= 0.3 is 0 Å². The molecule has 0 atom stereocenters. The molecule has 0 saturated carbocycles. The molecule has 1 aromatic carbocycles. The first kappa shape index (κ1) is 6.12. The lowest BCUT2D eigenvalue weighted by Gasteiger charge is -1.88. The molecule has 0 aromatic heterocycles. The van der Waals surface area contributed by atoms with E-state index in [0.29, 0.717) is 0 Å². The second-order valence-electron chi connectivity index (χ2n) is 1.34. The van der Waals surface area contributed by atoms with Crippen LogP contribution in [0.25, 0.3) is 0 Å². The van der Waals surface area contributed by atoms with E-state index >= 15 is 0 Å². The zero-order valence-corrected chi connectivity index (χ0v) is 6.33. The van der Waals surface area contributed by atoms with Crippen molar-refractivity contribution in [2.45, 2.75) is 0 Å². The van der Waals surface area contributed by atoms with Gasteiger partial charge < -0.3 is 0 Å². The van der Waals surface area contributed by atoms with Gasteiger partial charge in [0.05, 0.1) is 5.02 Å². The molecular weight excluding hydrogens is 187 g/mol. The number of hydrogen-bond acceptors (Lipinski definition) is 0. The van der Waals surface area contributed by atoms with Crippen molar-refractivity contribution in [2.75, 3.05) is 0 Å². The van der Waals surface area contributed by atoms with E-state index in [2.05, 4.69) is 22.0 Å². The molecule has 1 radical (unpaired) electrons. The number of benzene rings is 1. The van der Waals surface area contributed by atoms with Crippen LogP contribution in [-0.2, 0) is 0 Å². The van der Waals surface area contributed by atoms with Crippen LogP contribution in [0.1, 0.15) is 0 Å². The van der Waals surface area contributed by atoms with Gasteiger partial charge in [0.15, 0.2) is 0 Å². The summed E-state index contributed by atoms with van der Waals surface area (Å²) in [5, 5.41) is 0.726. The second-order valence-corrected chi connectivity index (χ2v) is 2.60. The molecule has 0 heterocycles. The largest absolute Gasteiger partial charge is 0.0831 e. The first-order chi connectivity index (χ1) is 3.80. The Labute approximate surface area is 61.6 Å². The van der Waals surface area contributed by atoms with Crippen LogP contribution in [0.5, 0.6) is 0 Å². The summed E-state index contributed by atoms with van der Waals surface area (Å²) in [7, 11) is 0. The molecule has 41 valence electrons. The van der Waals surface area contributed by atoms with Crippen LogP contribution in [0, 0.1) is 6.07 Å². The fourth-order valence-corrected chi connectivity index (χ4v) is 0.773. The smallest absolute Gasteiger partial charge is 0.0548 e. The number of hydrogen-bond donors (Lipinski definition) is 0. The summed E-state index contributed by atoms with van der Waals surface area (Å²) in [6, 6.07) is 8.20. The molecule has 0 spiro atoms. The monoisotopic (exact) mass is 189 g/mol. The van der Waals surface area contributed by atoms with Gasteiger partial charge in [-0.05, 0) is 34.1 Å². The molecule has 1 aromatic rings. The van der Waals surface area contributed by atoms with Crippen LogP contribution in [-0.4, -0.2) is 0 Å². The van der Waals surface area contributed by atoms with E-state index in [9.17, 15) is 0 Å². The highest BCUT2D eigenvalue weighted by Crippen LogP contribution is 2.19. The standard InChI is InChI=1S/C6H3BrCl/c7-5-3-1-2-4-6(5)8/h2-4H. The van der Waals surface area contributed by atoms with E-state index in [1.807, 2.05) is 0 Å². The Morgan fingerprint density at radius 3 is 2.75 bits per heavy atom. The van der Waals surface area contributed by atoms with Gasteiger partial charge in [0, 0.05) is 4.47 Å². The fourth-order valence-electron chi connectivity index (χ4n) is 0.391. The lowest BCUT2D eigenvalue weighted by atomic mass is 10.4. The van der Waals surface area contributed by atoms with Crippen molar-refractivity contribution in [3.63, 3.8) is 0 Å². The Hall–Kier alpha value is -0.0100. The summed E-state index contributed by atoms with van der Waals surface area (Å²) >= 11 is 8.87. The predicted molar refractivity (Wildman–Crippen MR) is 38.0 cm³/mol. The molecule has 2 heteroatoms. The van der Waals surface area contributed by atoms with Crippen molar-refractivity contribution in [1.82, 2.24) is 0 Å². The quantitative estimate of drug-likeness (QED) is 0.590. The second kappa shape index (κ2) is 2.51. The van der Waals surface area contributed by atoms with Crippen LogP contribution in [0.3, 0.4) is 0 Å². The van der Waals surface area contributed by atoms with Gasteiger partial charge in [0.25, 0.3) is 0 Å². The maximum Gasteiger partial charge on any atom is 0.0548 e. The Bertz CT molecular complexity index is 165. The van der Waals surface area contributed by atoms with Crippen LogP contribution in [0.15, 0.2) is 22.7 Å². The predicted octanol–water partition coefficient (Wildman–Crippen LogP) is 2.90. The van der Waals surface area contributed by atoms with Gasteiger partial charge in [0.1, 0.15) is 0 Å².